The second-order valence-corrected chi connectivity index (χ2v) is 6.37. The number of rotatable bonds is 6. The van der Waals surface area contributed by atoms with Crippen molar-refractivity contribution in [2.45, 2.75) is 32.0 Å². The lowest BCUT2D eigenvalue weighted by atomic mass is 9.93. The lowest BCUT2D eigenvalue weighted by Crippen LogP contribution is -2.35. The molecule has 0 spiro atoms. The number of nitrogens with zero attached hydrogens (tertiary/aromatic N) is 1. The second-order valence-electron chi connectivity index (χ2n) is 5.93. The van der Waals surface area contributed by atoms with Crippen LogP contribution >= 0.6 is 11.6 Å². The molecule has 0 bridgehead atoms. The largest absolute Gasteiger partial charge is 0.401 e. The summed E-state index contributed by atoms with van der Waals surface area (Å²) in [6, 6.07) is 7.87. The molecule has 1 aromatic carbocycles. The Morgan fingerprint density at radius 1 is 1.23 bits per heavy atom. The Morgan fingerprint density at radius 2 is 1.95 bits per heavy atom. The molecule has 22 heavy (non-hydrogen) atoms. The van der Waals surface area contributed by atoms with E-state index in [1.807, 2.05) is 18.2 Å². The first-order valence-corrected chi connectivity index (χ1v) is 8.04. The maximum absolute atomic E-state index is 12.0. The van der Waals surface area contributed by atoms with Crippen molar-refractivity contribution in [1.29, 1.82) is 0 Å². The van der Waals surface area contributed by atoms with E-state index in [0.717, 1.165) is 43.9 Å². The molecule has 6 heteroatoms. The van der Waals surface area contributed by atoms with Gasteiger partial charge in [0.05, 0.1) is 6.54 Å². The van der Waals surface area contributed by atoms with Gasteiger partial charge in [0, 0.05) is 11.6 Å². The highest BCUT2D eigenvalue weighted by Crippen LogP contribution is 2.22. The Morgan fingerprint density at radius 3 is 2.59 bits per heavy atom. The minimum Gasteiger partial charge on any atom is -0.309 e. The molecule has 1 aromatic rings. The third-order valence-electron chi connectivity index (χ3n) is 4.06. The van der Waals surface area contributed by atoms with Crippen molar-refractivity contribution in [3.8, 4) is 0 Å². The number of halogens is 4. The highest BCUT2D eigenvalue weighted by molar-refractivity contribution is 6.30. The molecule has 0 aromatic heterocycles. The van der Waals surface area contributed by atoms with E-state index in [9.17, 15) is 13.2 Å². The second kappa shape index (κ2) is 8.18. The summed E-state index contributed by atoms with van der Waals surface area (Å²) < 4.78 is 36.1. The third-order valence-corrected chi connectivity index (χ3v) is 4.29. The first kappa shape index (κ1) is 17.6. The summed E-state index contributed by atoms with van der Waals surface area (Å²) in [5, 5.41) is 3.23. The zero-order valence-corrected chi connectivity index (χ0v) is 13.3. The van der Waals surface area contributed by atoms with Crippen LogP contribution in [0.3, 0.4) is 0 Å². The van der Waals surface area contributed by atoms with Crippen LogP contribution in [0.25, 0.3) is 0 Å². The van der Waals surface area contributed by atoms with Crippen molar-refractivity contribution >= 4 is 11.6 Å². The average molecular weight is 335 g/mol. The standard InChI is InChI=1S/C16H22ClF3N2/c17-15-3-1-2-14(10-15)11-22-8-5-13(6-9-22)4-7-21-12-16(18,19)20/h1-3,10,13,21H,4-9,11-12H2. The van der Waals surface area contributed by atoms with Crippen molar-refractivity contribution in [2.24, 2.45) is 5.92 Å². The molecule has 0 aliphatic carbocycles. The van der Waals surface area contributed by atoms with E-state index in [4.69, 9.17) is 11.6 Å². The molecule has 2 rings (SSSR count). The van der Waals surface area contributed by atoms with Crippen LogP contribution in [0.2, 0.25) is 5.02 Å². The minimum atomic E-state index is -4.11. The van der Waals surface area contributed by atoms with Crippen LogP contribution in [-0.4, -0.2) is 37.3 Å². The van der Waals surface area contributed by atoms with Crippen LogP contribution in [0.1, 0.15) is 24.8 Å². The van der Waals surface area contributed by atoms with Gasteiger partial charge in [0.15, 0.2) is 0 Å². The first-order valence-electron chi connectivity index (χ1n) is 7.66. The molecule has 0 saturated carbocycles. The topological polar surface area (TPSA) is 15.3 Å². The van der Waals surface area contributed by atoms with Crippen molar-refractivity contribution in [1.82, 2.24) is 10.2 Å². The van der Waals surface area contributed by atoms with Crippen molar-refractivity contribution in [3.63, 3.8) is 0 Å². The van der Waals surface area contributed by atoms with Crippen LogP contribution < -0.4 is 5.32 Å². The number of benzene rings is 1. The van der Waals surface area contributed by atoms with E-state index in [1.165, 1.54) is 5.56 Å². The molecule has 124 valence electrons. The lowest BCUT2D eigenvalue weighted by molar-refractivity contribution is -0.124. The molecule has 1 fully saturated rings. The number of nitrogens with one attached hydrogen (secondary N) is 1. The predicted octanol–water partition coefficient (Wildman–Crippen LogP) is 4.09. The van der Waals surface area contributed by atoms with Gasteiger partial charge in [-0.25, -0.2) is 0 Å². The van der Waals surface area contributed by atoms with E-state index in [2.05, 4.69) is 16.3 Å². The Hall–Kier alpha value is -0.780. The first-order chi connectivity index (χ1) is 10.4. The van der Waals surface area contributed by atoms with Gasteiger partial charge < -0.3 is 5.32 Å². The van der Waals surface area contributed by atoms with Crippen LogP contribution in [0.15, 0.2) is 24.3 Å². The number of piperidine rings is 1. The molecule has 1 saturated heterocycles. The van der Waals surface area contributed by atoms with E-state index in [-0.39, 0.29) is 0 Å². The van der Waals surface area contributed by atoms with Crippen molar-refractivity contribution in [3.05, 3.63) is 34.9 Å². The molecule has 1 aliphatic rings. The number of hydrogen-bond acceptors (Lipinski definition) is 2. The molecule has 2 nitrogen and oxygen atoms in total. The molecule has 1 aliphatic heterocycles. The summed E-state index contributed by atoms with van der Waals surface area (Å²) in [7, 11) is 0. The van der Waals surface area contributed by atoms with Gasteiger partial charge in [0.25, 0.3) is 0 Å². The van der Waals surface area contributed by atoms with Gasteiger partial charge in [-0.1, -0.05) is 23.7 Å². The quantitative estimate of drug-likeness (QED) is 0.788. The van der Waals surface area contributed by atoms with Crippen molar-refractivity contribution in [2.75, 3.05) is 26.2 Å². The molecule has 0 amide bonds. The zero-order valence-electron chi connectivity index (χ0n) is 12.5. The van der Waals surface area contributed by atoms with Gasteiger partial charge in [0.1, 0.15) is 0 Å². The fraction of sp³-hybridized carbons (Fsp3) is 0.625. The van der Waals surface area contributed by atoms with E-state index < -0.39 is 12.7 Å². The summed E-state index contributed by atoms with van der Waals surface area (Å²) in [6.45, 7) is 2.44. The highest BCUT2D eigenvalue weighted by atomic mass is 35.5. The third kappa shape index (κ3) is 6.55. The maximum atomic E-state index is 12.0. The molecule has 1 N–H and O–H groups in total. The average Bonchev–Trinajstić information content (AvgIpc) is 2.44. The van der Waals surface area contributed by atoms with Crippen LogP contribution in [0, 0.1) is 5.92 Å². The van der Waals surface area contributed by atoms with Crippen LogP contribution in [0.4, 0.5) is 13.2 Å². The number of alkyl halides is 3. The summed E-state index contributed by atoms with van der Waals surface area (Å²) in [5.41, 5.74) is 1.21. The monoisotopic (exact) mass is 334 g/mol. The number of likely N-dealkylation sites (tertiary alicyclic amines) is 1. The van der Waals surface area contributed by atoms with Gasteiger partial charge >= 0.3 is 6.18 Å². The molecule has 0 radical (unpaired) electrons. The SMILES string of the molecule is FC(F)(F)CNCCC1CCN(Cc2cccc(Cl)c2)CC1. The normalized spacial score (nSPS) is 17.8. The predicted molar refractivity (Wildman–Crippen MR) is 83.0 cm³/mol. The number of hydrogen-bond donors (Lipinski definition) is 1. The van der Waals surface area contributed by atoms with Crippen molar-refractivity contribution < 1.29 is 13.2 Å². The van der Waals surface area contributed by atoms with Gasteiger partial charge in [-0.3, -0.25) is 4.90 Å². The molecular weight excluding hydrogens is 313 g/mol. The fourth-order valence-corrected chi connectivity index (χ4v) is 3.08. The lowest BCUT2D eigenvalue weighted by Gasteiger charge is -2.32. The van der Waals surface area contributed by atoms with Gasteiger partial charge in [-0.15, -0.1) is 0 Å². The van der Waals surface area contributed by atoms with Crippen LogP contribution in [0.5, 0.6) is 0 Å². The molecule has 1 heterocycles. The smallest absolute Gasteiger partial charge is 0.309 e. The molecule has 0 atom stereocenters. The van der Waals surface area contributed by atoms with Gasteiger partial charge in [0.2, 0.25) is 0 Å². The minimum absolute atomic E-state index is 0.443. The zero-order chi connectivity index (χ0) is 16.0. The van der Waals surface area contributed by atoms with E-state index in [0.29, 0.717) is 12.5 Å². The van der Waals surface area contributed by atoms with Gasteiger partial charge in [-0.05, 0) is 62.5 Å². The Labute approximate surface area is 134 Å². The Kier molecular flexibility index (Phi) is 6.53. The Bertz CT molecular complexity index is 457. The summed E-state index contributed by atoms with van der Waals surface area (Å²) in [6.07, 6.45) is -1.19. The summed E-state index contributed by atoms with van der Waals surface area (Å²) in [4.78, 5) is 2.38. The van der Waals surface area contributed by atoms with Crippen LogP contribution in [-0.2, 0) is 6.54 Å². The summed E-state index contributed by atoms with van der Waals surface area (Å²) >= 11 is 5.98. The maximum Gasteiger partial charge on any atom is 0.401 e. The fourth-order valence-electron chi connectivity index (χ4n) is 2.86. The van der Waals surface area contributed by atoms with Gasteiger partial charge in [-0.2, -0.15) is 13.2 Å². The Balaban J connectivity index is 1.63. The highest BCUT2D eigenvalue weighted by Gasteiger charge is 2.26. The van der Waals surface area contributed by atoms with E-state index >= 15 is 0 Å². The molecular formula is C16H22ClF3N2. The summed E-state index contributed by atoms with van der Waals surface area (Å²) in [5.74, 6) is 0.524. The molecule has 0 unspecified atom stereocenters. The van der Waals surface area contributed by atoms with E-state index in [1.54, 1.807) is 0 Å².